The zero-order valence-corrected chi connectivity index (χ0v) is 12.6. The van der Waals surface area contributed by atoms with Gasteiger partial charge in [-0.3, -0.25) is 0 Å². The minimum Gasteiger partial charge on any atom is -0.310 e. The third-order valence-electron chi connectivity index (χ3n) is 7.52. The predicted octanol–water partition coefficient (Wildman–Crippen LogP) is 4.15. The van der Waals surface area contributed by atoms with Crippen molar-refractivity contribution >= 4 is 0 Å². The maximum atomic E-state index is 3.78. The van der Waals surface area contributed by atoms with Gasteiger partial charge >= 0.3 is 0 Å². The maximum Gasteiger partial charge on any atom is 0.0161 e. The molecule has 4 aliphatic rings. The van der Waals surface area contributed by atoms with E-state index in [2.05, 4.69) is 31.3 Å². The van der Waals surface area contributed by atoms with E-state index in [1.807, 2.05) is 0 Å². The van der Waals surface area contributed by atoms with E-state index in [4.69, 9.17) is 0 Å². The van der Waals surface area contributed by atoms with Crippen LogP contribution in [0.1, 0.15) is 58.8 Å². The Morgan fingerprint density at radius 1 is 1.00 bits per heavy atom. The normalized spacial score (nSPS) is 56.3. The highest BCUT2D eigenvalue weighted by atomic mass is 14.9. The quantitative estimate of drug-likeness (QED) is 0.645. The Morgan fingerprint density at radius 2 is 1.89 bits per heavy atom. The van der Waals surface area contributed by atoms with Crippen LogP contribution in [0.25, 0.3) is 0 Å². The topological polar surface area (TPSA) is 12.0 Å². The van der Waals surface area contributed by atoms with E-state index in [0.29, 0.717) is 10.8 Å². The Kier molecular flexibility index (Phi) is 2.68. The lowest BCUT2D eigenvalue weighted by Crippen LogP contribution is -2.57. The summed E-state index contributed by atoms with van der Waals surface area (Å²) in [5.41, 5.74) is 1.15. The van der Waals surface area contributed by atoms with Crippen LogP contribution in [0.5, 0.6) is 0 Å². The van der Waals surface area contributed by atoms with Gasteiger partial charge in [-0.05, 0) is 61.7 Å². The van der Waals surface area contributed by atoms with Gasteiger partial charge in [0.05, 0.1) is 0 Å². The third-order valence-corrected chi connectivity index (χ3v) is 7.52. The number of fused-ring (bicyclic) bond motifs is 5. The smallest absolute Gasteiger partial charge is 0.0161 e. The van der Waals surface area contributed by atoms with Gasteiger partial charge in [-0.2, -0.15) is 0 Å². The van der Waals surface area contributed by atoms with Crippen molar-refractivity contribution in [3.8, 4) is 0 Å². The van der Waals surface area contributed by atoms with Crippen LogP contribution in [0, 0.1) is 28.6 Å². The van der Waals surface area contributed by atoms with Crippen LogP contribution in [-0.4, -0.2) is 12.6 Å². The Hall–Kier alpha value is -0.300. The highest BCUT2D eigenvalue weighted by Crippen LogP contribution is 2.63. The number of rotatable bonds is 0. The van der Waals surface area contributed by atoms with E-state index >= 15 is 0 Å². The second-order valence-corrected chi connectivity index (χ2v) is 8.27. The maximum absolute atomic E-state index is 3.78. The second kappa shape index (κ2) is 4.10. The van der Waals surface area contributed by atoms with Gasteiger partial charge in [0.1, 0.15) is 0 Å². The van der Waals surface area contributed by atoms with Gasteiger partial charge in [-0.15, -0.1) is 0 Å². The molecule has 0 aromatic rings. The van der Waals surface area contributed by atoms with Gasteiger partial charge in [0, 0.05) is 18.0 Å². The average molecular weight is 259 g/mol. The lowest BCUT2D eigenvalue weighted by Gasteiger charge is -2.58. The van der Waals surface area contributed by atoms with Crippen molar-refractivity contribution in [1.82, 2.24) is 5.32 Å². The Labute approximate surface area is 118 Å². The van der Waals surface area contributed by atoms with Gasteiger partial charge in [0.2, 0.25) is 0 Å². The predicted molar refractivity (Wildman–Crippen MR) is 79.9 cm³/mol. The zero-order chi connectivity index (χ0) is 13.1. The number of hydrogen-bond acceptors (Lipinski definition) is 1. The molecule has 1 heterocycles. The molecule has 0 saturated heterocycles. The van der Waals surface area contributed by atoms with Crippen molar-refractivity contribution in [2.24, 2.45) is 28.6 Å². The molecule has 1 N–H and O–H groups in total. The Balaban J connectivity index is 1.68. The van der Waals surface area contributed by atoms with E-state index in [0.717, 1.165) is 30.3 Å². The molecule has 3 fully saturated rings. The van der Waals surface area contributed by atoms with Crippen molar-refractivity contribution in [2.75, 3.05) is 6.54 Å². The lowest BCUT2D eigenvalue weighted by atomic mass is 9.49. The van der Waals surface area contributed by atoms with Crippen LogP contribution < -0.4 is 5.32 Å². The monoisotopic (exact) mass is 259 g/mol. The standard InChI is InChI=1S/C18H29N/c1-17-9-3-5-14(17)13-6-7-16-18(2,10-4-12-19-16)15(13)8-11-17/h4,10,13-16,19H,3,5-9,11-12H2,1-2H3/t13-,14-,15-,16?,17-,18+/m0/s1. The SMILES string of the molecule is C[C@@]12CCC[C@H]1[C@@H]1CCC3NCC=C[C@]3(C)[C@H]1CC2. The van der Waals surface area contributed by atoms with Crippen molar-refractivity contribution in [1.29, 1.82) is 0 Å². The van der Waals surface area contributed by atoms with E-state index < -0.39 is 0 Å². The van der Waals surface area contributed by atoms with Gasteiger partial charge in [0.15, 0.2) is 0 Å². The first kappa shape index (κ1) is 12.4. The fourth-order valence-electron chi connectivity index (χ4n) is 6.47. The molecule has 106 valence electrons. The first-order chi connectivity index (χ1) is 9.13. The molecule has 0 amide bonds. The molecule has 6 atom stereocenters. The third kappa shape index (κ3) is 1.63. The summed E-state index contributed by atoms with van der Waals surface area (Å²) in [6.45, 7) is 6.25. The van der Waals surface area contributed by atoms with Crippen molar-refractivity contribution in [2.45, 2.75) is 64.8 Å². The van der Waals surface area contributed by atoms with Crippen LogP contribution >= 0.6 is 0 Å². The summed E-state index contributed by atoms with van der Waals surface area (Å²) in [5.74, 6) is 3.01. The molecule has 0 radical (unpaired) electrons. The summed E-state index contributed by atoms with van der Waals surface area (Å²) in [6.07, 6.45) is 15.4. The van der Waals surface area contributed by atoms with Gasteiger partial charge in [0.25, 0.3) is 0 Å². The first-order valence-corrected chi connectivity index (χ1v) is 8.55. The van der Waals surface area contributed by atoms with Crippen LogP contribution in [0.3, 0.4) is 0 Å². The van der Waals surface area contributed by atoms with E-state index in [1.165, 1.54) is 44.9 Å². The summed E-state index contributed by atoms with van der Waals surface area (Å²) in [6, 6.07) is 0.754. The molecule has 0 aromatic carbocycles. The van der Waals surface area contributed by atoms with Gasteiger partial charge in [-0.25, -0.2) is 0 Å². The molecule has 3 saturated carbocycles. The molecular weight excluding hydrogens is 230 g/mol. The minimum atomic E-state index is 0.449. The first-order valence-electron chi connectivity index (χ1n) is 8.55. The molecular formula is C18H29N. The molecule has 3 aliphatic carbocycles. The van der Waals surface area contributed by atoms with Crippen LogP contribution in [-0.2, 0) is 0 Å². The summed E-state index contributed by atoms with van der Waals surface area (Å²) >= 11 is 0. The van der Waals surface area contributed by atoms with Gasteiger partial charge in [-0.1, -0.05) is 32.4 Å². The lowest BCUT2D eigenvalue weighted by molar-refractivity contribution is -0.0529. The molecule has 0 bridgehead atoms. The fraction of sp³-hybridized carbons (Fsp3) is 0.889. The second-order valence-electron chi connectivity index (χ2n) is 8.27. The minimum absolute atomic E-state index is 0.449. The van der Waals surface area contributed by atoms with Crippen LogP contribution in [0.2, 0.25) is 0 Å². The van der Waals surface area contributed by atoms with Crippen molar-refractivity contribution in [3.63, 3.8) is 0 Å². The van der Waals surface area contributed by atoms with Crippen molar-refractivity contribution < 1.29 is 0 Å². The number of hydrogen-bond donors (Lipinski definition) is 1. The molecule has 19 heavy (non-hydrogen) atoms. The summed E-state index contributed by atoms with van der Waals surface area (Å²) in [5, 5.41) is 3.78. The largest absolute Gasteiger partial charge is 0.310 e. The van der Waals surface area contributed by atoms with Crippen molar-refractivity contribution in [3.05, 3.63) is 12.2 Å². The molecule has 0 aromatic heterocycles. The number of nitrogens with one attached hydrogen (secondary N) is 1. The van der Waals surface area contributed by atoms with E-state index in [9.17, 15) is 0 Å². The fourth-order valence-corrected chi connectivity index (χ4v) is 6.47. The molecule has 1 heteroatoms. The average Bonchev–Trinajstić information content (AvgIpc) is 2.79. The molecule has 0 spiro atoms. The van der Waals surface area contributed by atoms with E-state index in [1.54, 1.807) is 0 Å². The Morgan fingerprint density at radius 3 is 2.79 bits per heavy atom. The summed E-state index contributed by atoms with van der Waals surface area (Å²) < 4.78 is 0. The molecule has 1 nitrogen and oxygen atoms in total. The summed E-state index contributed by atoms with van der Waals surface area (Å²) in [4.78, 5) is 0. The Bertz CT molecular complexity index is 400. The van der Waals surface area contributed by atoms with Crippen LogP contribution in [0.4, 0.5) is 0 Å². The summed E-state index contributed by atoms with van der Waals surface area (Å²) in [7, 11) is 0. The molecule has 1 unspecified atom stereocenters. The zero-order valence-electron chi connectivity index (χ0n) is 12.6. The molecule has 1 aliphatic heterocycles. The van der Waals surface area contributed by atoms with Crippen LogP contribution in [0.15, 0.2) is 12.2 Å². The molecule has 4 rings (SSSR count). The highest BCUT2D eigenvalue weighted by molar-refractivity contribution is 5.17. The van der Waals surface area contributed by atoms with E-state index in [-0.39, 0.29) is 0 Å². The van der Waals surface area contributed by atoms with Gasteiger partial charge < -0.3 is 5.32 Å². The highest BCUT2D eigenvalue weighted by Gasteiger charge is 2.56.